The number of rotatable bonds is 6. The van der Waals surface area contributed by atoms with Gasteiger partial charge in [-0.3, -0.25) is 0 Å². The standard InChI is InChI=1S/C19H14FIN2O2/c1-2-24-18-9-14(7-15(10-22)11-23)8-17(21)19(18)25-12-13-3-5-16(20)6-4-13/h3-9H,2,12H2,1H3. The molecule has 0 bridgehead atoms. The molecular weight excluding hydrogens is 434 g/mol. The maximum atomic E-state index is 13.0. The minimum absolute atomic E-state index is 0.0122. The molecule has 0 aliphatic heterocycles. The average Bonchev–Trinajstić information content (AvgIpc) is 2.60. The van der Waals surface area contributed by atoms with Gasteiger partial charge in [0.15, 0.2) is 11.5 Å². The molecular formula is C19H14FIN2O2. The van der Waals surface area contributed by atoms with Crippen molar-refractivity contribution < 1.29 is 13.9 Å². The molecule has 0 amide bonds. The lowest BCUT2D eigenvalue weighted by Gasteiger charge is -2.15. The van der Waals surface area contributed by atoms with Crippen LogP contribution in [0, 0.1) is 32.0 Å². The Bertz CT molecular complexity index is 849. The number of nitrogens with zero attached hydrogens (tertiary/aromatic N) is 2. The predicted octanol–water partition coefficient (Wildman–Crippen LogP) is 4.84. The second kappa shape index (κ2) is 9.05. The second-order valence-corrected chi connectivity index (χ2v) is 6.12. The van der Waals surface area contributed by atoms with E-state index in [-0.39, 0.29) is 18.0 Å². The van der Waals surface area contributed by atoms with Crippen molar-refractivity contribution in [3.05, 3.63) is 62.5 Å². The van der Waals surface area contributed by atoms with Gasteiger partial charge in [-0.05, 0) is 71.0 Å². The summed E-state index contributed by atoms with van der Waals surface area (Å²) in [5.41, 5.74) is 1.53. The predicted molar refractivity (Wildman–Crippen MR) is 100 cm³/mol. The minimum atomic E-state index is -0.296. The zero-order valence-electron chi connectivity index (χ0n) is 13.4. The molecule has 2 aromatic rings. The number of halogens is 2. The Hall–Kier alpha value is -2.58. The van der Waals surface area contributed by atoms with Gasteiger partial charge in [-0.25, -0.2) is 4.39 Å². The summed E-state index contributed by atoms with van der Waals surface area (Å²) in [5, 5.41) is 17.8. The van der Waals surface area contributed by atoms with Crippen LogP contribution in [0.4, 0.5) is 4.39 Å². The van der Waals surface area contributed by atoms with Crippen molar-refractivity contribution in [3.63, 3.8) is 0 Å². The molecule has 0 atom stereocenters. The third-order valence-electron chi connectivity index (χ3n) is 3.18. The van der Waals surface area contributed by atoms with E-state index >= 15 is 0 Å². The van der Waals surface area contributed by atoms with Crippen LogP contribution in [-0.2, 0) is 6.61 Å². The summed E-state index contributed by atoms with van der Waals surface area (Å²) in [6.45, 7) is 2.57. The van der Waals surface area contributed by atoms with Gasteiger partial charge < -0.3 is 9.47 Å². The van der Waals surface area contributed by atoms with Crippen LogP contribution in [0.1, 0.15) is 18.1 Å². The molecule has 0 saturated carbocycles. The molecule has 6 heteroatoms. The summed E-state index contributed by atoms with van der Waals surface area (Å²) < 4.78 is 25.2. The second-order valence-electron chi connectivity index (χ2n) is 4.96. The van der Waals surface area contributed by atoms with Gasteiger partial charge in [0.1, 0.15) is 30.1 Å². The number of hydrogen-bond donors (Lipinski definition) is 0. The lowest BCUT2D eigenvalue weighted by atomic mass is 10.1. The normalized spacial score (nSPS) is 9.64. The molecule has 4 nitrogen and oxygen atoms in total. The molecule has 0 heterocycles. The van der Waals surface area contributed by atoms with Crippen LogP contribution >= 0.6 is 22.6 Å². The van der Waals surface area contributed by atoms with Crippen molar-refractivity contribution in [1.82, 2.24) is 0 Å². The quantitative estimate of drug-likeness (QED) is 0.469. The number of allylic oxidation sites excluding steroid dienone is 1. The van der Waals surface area contributed by atoms with Gasteiger partial charge in [-0.2, -0.15) is 10.5 Å². The average molecular weight is 448 g/mol. The van der Waals surface area contributed by atoms with Crippen molar-refractivity contribution in [2.75, 3.05) is 6.61 Å². The highest BCUT2D eigenvalue weighted by molar-refractivity contribution is 14.1. The highest BCUT2D eigenvalue weighted by atomic mass is 127. The molecule has 0 unspecified atom stereocenters. The van der Waals surface area contributed by atoms with Crippen molar-refractivity contribution in [2.45, 2.75) is 13.5 Å². The summed E-state index contributed by atoms with van der Waals surface area (Å²) in [5.74, 6) is 0.799. The number of hydrogen-bond acceptors (Lipinski definition) is 4. The lowest BCUT2D eigenvalue weighted by Crippen LogP contribution is -2.02. The molecule has 0 aliphatic carbocycles. The van der Waals surface area contributed by atoms with Crippen LogP contribution < -0.4 is 9.47 Å². The van der Waals surface area contributed by atoms with E-state index in [2.05, 4.69) is 22.6 Å². The van der Waals surface area contributed by atoms with E-state index in [9.17, 15) is 4.39 Å². The Morgan fingerprint density at radius 2 is 1.84 bits per heavy atom. The van der Waals surface area contributed by atoms with Crippen LogP contribution in [0.15, 0.2) is 42.0 Å². The largest absolute Gasteiger partial charge is 0.490 e. The summed E-state index contributed by atoms with van der Waals surface area (Å²) >= 11 is 2.11. The molecule has 0 saturated heterocycles. The molecule has 0 fully saturated rings. The number of benzene rings is 2. The Kier molecular flexibility index (Phi) is 6.79. The fraction of sp³-hybridized carbons (Fsp3) is 0.158. The van der Waals surface area contributed by atoms with Gasteiger partial charge in [0.05, 0.1) is 10.2 Å². The fourth-order valence-electron chi connectivity index (χ4n) is 2.07. The molecule has 2 rings (SSSR count). The van der Waals surface area contributed by atoms with Crippen LogP contribution in [0.25, 0.3) is 6.08 Å². The Balaban J connectivity index is 2.30. The van der Waals surface area contributed by atoms with E-state index in [0.29, 0.717) is 23.7 Å². The van der Waals surface area contributed by atoms with E-state index in [0.717, 1.165) is 9.13 Å². The lowest BCUT2D eigenvalue weighted by molar-refractivity contribution is 0.267. The first kappa shape index (κ1) is 18.8. The monoisotopic (exact) mass is 448 g/mol. The van der Waals surface area contributed by atoms with Gasteiger partial charge in [0.2, 0.25) is 0 Å². The third-order valence-corrected chi connectivity index (χ3v) is 3.98. The zero-order chi connectivity index (χ0) is 18.2. The summed E-state index contributed by atoms with van der Waals surface area (Å²) in [7, 11) is 0. The molecule has 0 aliphatic rings. The van der Waals surface area contributed by atoms with E-state index in [1.54, 1.807) is 24.3 Å². The summed E-state index contributed by atoms with van der Waals surface area (Å²) in [6.07, 6.45) is 1.49. The molecule has 0 N–H and O–H groups in total. The molecule has 126 valence electrons. The number of ether oxygens (including phenoxy) is 2. The molecule has 2 aromatic carbocycles. The first-order valence-electron chi connectivity index (χ1n) is 7.42. The van der Waals surface area contributed by atoms with Crippen molar-refractivity contribution in [2.24, 2.45) is 0 Å². The molecule has 25 heavy (non-hydrogen) atoms. The van der Waals surface area contributed by atoms with Crippen molar-refractivity contribution in [3.8, 4) is 23.6 Å². The van der Waals surface area contributed by atoms with Gasteiger partial charge in [0, 0.05) is 0 Å². The maximum absolute atomic E-state index is 13.0. The Morgan fingerprint density at radius 1 is 1.16 bits per heavy atom. The smallest absolute Gasteiger partial charge is 0.175 e. The third kappa shape index (κ3) is 5.20. The zero-order valence-corrected chi connectivity index (χ0v) is 15.6. The van der Waals surface area contributed by atoms with Crippen molar-refractivity contribution in [1.29, 1.82) is 10.5 Å². The highest BCUT2D eigenvalue weighted by Gasteiger charge is 2.12. The molecule has 0 radical (unpaired) electrons. The van der Waals surface area contributed by atoms with Gasteiger partial charge in [-0.15, -0.1) is 0 Å². The number of nitriles is 2. The van der Waals surface area contributed by atoms with Crippen LogP contribution in [0.3, 0.4) is 0 Å². The van der Waals surface area contributed by atoms with E-state index < -0.39 is 0 Å². The SMILES string of the molecule is CCOc1cc(C=C(C#N)C#N)cc(I)c1OCc1ccc(F)cc1. The van der Waals surface area contributed by atoms with E-state index in [1.807, 2.05) is 19.1 Å². The molecule has 0 spiro atoms. The first-order chi connectivity index (χ1) is 12.1. The maximum Gasteiger partial charge on any atom is 0.175 e. The minimum Gasteiger partial charge on any atom is -0.490 e. The molecule has 0 aromatic heterocycles. The Morgan fingerprint density at radius 3 is 2.44 bits per heavy atom. The highest BCUT2D eigenvalue weighted by Crippen LogP contribution is 2.35. The van der Waals surface area contributed by atoms with Gasteiger partial charge in [0.25, 0.3) is 0 Å². The topological polar surface area (TPSA) is 66.0 Å². The van der Waals surface area contributed by atoms with Crippen molar-refractivity contribution >= 4 is 28.7 Å². The fourth-order valence-corrected chi connectivity index (χ4v) is 2.85. The summed E-state index contributed by atoms with van der Waals surface area (Å²) in [4.78, 5) is 0. The summed E-state index contributed by atoms with van der Waals surface area (Å²) in [6, 6.07) is 13.3. The van der Waals surface area contributed by atoms with Crippen LogP contribution in [0.5, 0.6) is 11.5 Å². The Labute approximate surface area is 159 Å². The first-order valence-corrected chi connectivity index (χ1v) is 8.50. The van der Waals surface area contributed by atoms with Crippen LogP contribution in [-0.4, -0.2) is 6.61 Å². The van der Waals surface area contributed by atoms with Gasteiger partial charge in [-0.1, -0.05) is 12.1 Å². The van der Waals surface area contributed by atoms with E-state index in [1.165, 1.54) is 18.2 Å². The van der Waals surface area contributed by atoms with Crippen LogP contribution in [0.2, 0.25) is 0 Å². The van der Waals surface area contributed by atoms with Gasteiger partial charge >= 0.3 is 0 Å². The van der Waals surface area contributed by atoms with E-state index in [4.69, 9.17) is 20.0 Å².